The van der Waals surface area contributed by atoms with Crippen LogP contribution in [0.15, 0.2) is 0 Å². The summed E-state index contributed by atoms with van der Waals surface area (Å²) in [6, 6.07) is 0. The molecule has 1 amide bonds. The van der Waals surface area contributed by atoms with Crippen LogP contribution in [0.1, 0.15) is 6.42 Å². The van der Waals surface area contributed by atoms with E-state index in [2.05, 4.69) is 10.0 Å². The molecule has 10 heteroatoms. The van der Waals surface area contributed by atoms with Crippen LogP contribution in [0.5, 0.6) is 0 Å². The summed E-state index contributed by atoms with van der Waals surface area (Å²) in [6.07, 6.45) is -0.308. The molecule has 0 unspecified atom stereocenters. The Morgan fingerprint density at radius 2 is 2.00 bits per heavy atom. The van der Waals surface area contributed by atoms with Crippen LogP contribution < -0.4 is 10.0 Å². The van der Waals surface area contributed by atoms with Crippen LogP contribution in [-0.2, 0) is 24.5 Å². The van der Waals surface area contributed by atoms with Crippen LogP contribution in [0.2, 0.25) is 0 Å². The fourth-order valence-electron chi connectivity index (χ4n) is 0.995. The molecule has 0 fully saturated rings. The van der Waals surface area contributed by atoms with E-state index in [-0.39, 0.29) is 19.5 Å². The molecule has 0 aromatic rings. The number of hydrogen-bond acceptors (Lipinski definition) is 5. The van der Waals surface area contributed by atoms with Crippen LogP contribution in [0.3, 0.4) is 0 Å². The van der Waals surface area contributed by atoms with Gasteiger partial charge in [-0.15, -0.1) is 0 Å². The third-order valence-corrected chi connectivity index (χ3v) is 3.61. The standard InChI is InChI=1S/C9H19N3O6S/c1-12(5-3-9(14)15)19(16,17)11-7-8(13)10-4-6-18-2/h11H,3-7H2,1-2H3,(H,10,13)(H,14,15). The highest BCUT2D eigenvalue weighted by Crippen LogP contribution is 1.95. The van der Waals surface area contributed by atoms with Gasteiger partial charge in [0, 0.05) is 27.2 Å². The Hall–Kier alpha value is -1.23. The van der Waals surface area contributed by atoms with Gasteiger partial charge in [-0.2, -0.15) is 17.4 Å². The second-order valence-corrected chi connectivity index (χ2v) is 5.50. The monoisotopic (exact) mass is 297 g/mol. The fourth-order valence-corrected chi connectivity index (χ4v) is 1.86. The van der Waals surface area contributed by atoms with Crippen LogP contribution in [-0.4, -0.2) is 70.1 Å². The van der Waals surface area contributed by atoms with E-state index in [1.807, 2.05) is 0 Å². The van der Waals surface area contributed by atoms with Gasteiger partial charge >= 0.3 is 5.97 Å². The molecule has 0 heterocycles. The minimum absolute atomic E-state index is 0.171. The lowest BCUT2D eigenvalue weighted by atomic mass is 10.4. The maximum atomic E-state index is 11.6. The molecule has 0 saturated carbocycles. The molecule has 0 aliphatic rings. The van der Waals surface area contributed by atoms with Crippen molar-refractivity contribution in [3.8, 4) is 0 Å². The predicted molar refractivity (Wildman–Crippen MR) is 66.7 cm³/mol. The molecular formula is C9H19N3O6S. The van der Waals surface area contributed by atoms with Gasteiger partial charge in [-0.3, -0.25) is 9.59 Å². The summed E-state index contributed by atoms with van der Waals surface area (Å²) in [5.41, 5.74) is 0. The largest absolute Gasteiger partial charge is 0.481 e. The minimum Gasteiger partial charge on any atom is -0.481 e. The number of nitrogens with zero attached hydrogens (tertiary/aromatic N) is 1. The van der Waals surface area contributed by atoms with Crippen molar-refractivity contribution in [1.29, 1.82) is 0 Å². The van der Waals surface area contributed by atoms with Gasteiger partial charge in [0.25, 0.3) is 10.2 Å². The highest BCUT2D eigenvalue weighted by molar-refractivity contribution is 7.87. The summed E-state index contributed by atoms with van der Waals surface area (Å²) < 4.78 is 30.8. The first-order valence-corrected chi connectivity index (χ1v) is 6.92. The Morgan fingerprint density at radius 3 is 2.53 bits per heavy atom. The maximum Gasteiger partial charge on any atom is 0.304 e. The number of carboxylic acid groups (broad SMARTS) is 1. The topological polar surface area (TPSA) is 125 Å². The second kappa shape index (κ2) is 8.80. The van der Waals surface area contributed by atoms with Crippen LogP contribution >= 0.6 is 0 Å². The molecule has 0 atom stereocenters. The van der Waals surface area contributed by atoms with E-state index in [0.717, 1.165) is 4.31 Å². The number of carbonyl (C=O) groups is 2. The van der Waals surface area contributed by atoms with Crippen molar-refractivity contribution < 1.29 is 27.9 Å². The summed E-state index contributed by atoms with van der Waals surface area (Å²) in [7, 11) is -1.14. The van der Waals surface area contributed by atoms with Gasteiger partial charge in [0.05, 0.1) is 19.6 Å². The molecule has 3 N–H and O–H groups in total. The summed E-state index contributed by atoms with van der Waals surface area (Å²) in [5.74, 6) is -1.59. The van der Waals surface area contributed by atoms with Crippen LogP contribution in [0.25, 0.3) is 0 Å². The molecule has 19 heavy (non-hydrogen) atoms. The zero-order valence-electron chi connectivity index (χ0n) is 10.9. The highest BCUT2D eigenvalue weighted by Gasteiger charge is 2.18. The van der Waals surface area contributed by atoms with Crippen molar-refractivity contribution in [2.24, 2.45) is 0 Å². The van der Waals surface area contributed by atoms with E-state index in [0.29, 0.717) is 6.61 Å². The Balaban J connectivity index is 4.08. The quantitative estimate of drug-likeness (QED) is 0.400. The molecule has 0 saturated heterocycles. The zero-order chi connectivity index (χ0) is 14.9. The molecular weight excluding hydrogens is 278 g/mol. The Morgan fingerprint density at radius 1 is 1.37 bits per heavy atom. The number of rotatable bonds is 10. The first-order chi connectivity index (χ1) is 8.79. The molecule has 0 aromatic heterocycles. The normalized spacial score (nSPS) is 11.5. The Labute approximate surface area is 112 Å². The molecule has 0 aliphatic heterocycles. The number of amides is 1. The summed E-state index contributed by atoms with van der Waals surface area (Å²) in [5, 5.41) is 10.9. The van der Waals surface area contributed by atoms with Gasteiger partial charge in [0.2, 0.25) is 5.91 Å². The van der Waals surface area contributed by atoms with E-state index in [1.54, 1.807) is 0 Å². The number of ether oxygens (including phenoxy) is 1. The number of carboxylic acids is 1. The molecule has 0 aromatic carbocycles. The maximum absolute atomic E-state index is 11.6. The molecule has 0 spiro atoms. The number of aliphatic carboxylic acids is 1. The van der Waals surface area contributed by atoms with Crippen LogP contribution in [0, 0.1) is 0 Å². The zero-order valence-corrected chi connectivity index (χ0v) is 11.7. The second-order valence-electron chi connectivity index (χ2n) is 3.63. The number of methoxy groups -OCH3 is 1. The van der Waals surface area contributed by atoms with E-state index in [4.69, 9.17) is 9.84 Å². The molecule has 0 radical (unpaired) electrons. The summed E-state index contributed by atoms with van der Waals surface area (Å²) in [4.78, 5) is 21.6. The number of hydrogen-bond donors (Lipinski definition) is 3. The van der Waals surface area contributed by atoms with Gasteiger partial charge < -0.3 is 15.2 Å². The Bertz CT molecular complexity index is 397. The first kappa shape index (κ1) is 17.8. The SMILES string of the molecule is COCCNC(=O)CNS(=O)(=O)N(C)CCC(=O)O. The predicted octanol–water partition coefficient (Wildman–Crippen LogP) is -2.01. The third kappa shape index (κ3) is 8.48. The van der Waals surface area contributed by atoms with Crippen molar-refractivity contribution >= 4 is 22.1 Å². The average Bonchev–Trinajstić information content (AvgIpc) is 2.33. The van der Waals surface area contributed by atoms with E-state index >= 15 is 0 Å². The summed E-state index contributed by atoms with van der Waals surface area (Å²) in [6.45, 7) is 0.0301. The lowest BCUT2D eigenvalue weighted by Crippen LogP contribution is -2.44. The summed E-state index contributed by atoms with van der Waals surface area (Å²) >= 11 is 0. The fraction of sp³-hybridized carbons (Fsp3) is 0.778. The number of carbonyl (C=O) groups excluding carboxylic acids is 1. The van der Waals surface area contributed by atoms with E-state index < -0.39 is 28.6 Å². The van der Waals surface area contributed by atoms with Gasteiger partial charge in [0.15, 0.2) is 0 Å². The van der Waals surface area contributed by atoms with Crippen molar-refractivity contribution in [3.63, 3.8) is 0 Å². The molecule has 112 valence electrons. The lowest BCUT2D eigenvalue weighted by molar-refractivity contribution is -0.137. The van der Waals surface area contributed by atoms with Gasteiger partial charge in [0.1, 0.15) is 0 Å². The third-order valence-electron chi connectivity index (χ3n) is 2.09. The lowest BCUT2D eigenvalue weighted by Gasteiger charge is -2.16. The highest BCUT2D eigenvalue weighted by atomic mass is 32.2. The van der Waals surface area contributed by atoms with Crippen molar-refractivity contribution in [2.45, 2.75) is 6.42 Å². The Kier molecular flexibility index (Phi) is 8.23. The van der Waals surface area contributed by atoms with E-state index in [1.165, 1.54) is 14.2 Å². The van der Waals surface area contributed by atoms with Crippen molar-refractivity contribution in [1.82, 2.24) is 14.3 Å². The van der Waals surface area contributed by atoms with Crippen molar-refractivity contribution in [3.05, 3.63) is 0 Å². The average molecular weight is 297 g/mol. The smallest absolute Gasteiger partial charge is 0.304 e. The minimum atomic E-state index is -3.85. The molecule has 0 aliphatic carbocycles. The van der Waals surface area contributed by atoms with E-state index in [9.17, 15) is 18.0 Å². The van der Waals surface area contributed by atoms with Crippen LogP contribution in [0.4, 0.5) is 0 Å². The van der Waals surface area contributed by atoms with Crippen molar-refractivity contribution in [2.75, 3.05) is 40.4 Å². The number of nitrogens with one attached hydrogen (secondary N) is 2. The molecule has 0 bridgehead atoms. The van der Waals surface area contributed by atoms with Gasteiger partial charge in [-0.1, -0.05) is 0 Å². The van der Waals surface area contributed by atoms with Gasteiger partial charge in [-0.05, 0) is 0 Å². The first-order valence-electron chi connectivity index (χ1n) is 5.48. The molecule has 0 rings (SSSR count). The van der Waals surface area contributed by atoms with Gasteiger partial charge in [-0.25, -0.2) is 0 Å². The molecule has 9 nitrogen and oxygen atoms in total.